The van der Waals surface area contributed by atoms with Crippen molar-refractivity contribution < 1.29 is 23.9 Å². The summed E-state index contributed by atoms with van der Waals surface area (Å²) in [4.78, 5) is 38.8. The molecule has 9 heteroatoms. The molecule has 1 aromatic rings. The Bertz CT molecular complexity index is 800. The number of carbonyl (C=O) groups is 3. The third kappa shape index (κ3) is 9.00. The molecule has 0 aliphatic carbocycles. The lowest BCUT2D eigenvalue weighted by Gasteiger charge is -2.36. The normalized spacial score (nSPS) is 15.5. The molecule has 33 heavy (non-hydrogen) atoms. The molecule has 2 rings (SSSR count). The molecule has 0 saturated carbocycles. The van der Waals surface area contributed by atoms with Crippen molar-refractivity contribution in [2.45, 2.75) is 64.8 Å². The lowest BCUT2D eigenvalue weighted by Crippen LogP contribution is -2.60. The summed E-state index contributed by atoms with van der Waals surface area (Å²) in [7, 11) is 0. The molecule has 1 fully saturated rings. The molecule has 1 atom stereocenters. The van der Waals surface area contributed by atoms with Crippen LogP contribution in [0.15, 0.2) is 24.3 Å². The number of unbranched alkanes of at least 4 members (excludes halogenated alkanes) is 4. The van der Waals surface area contributed by atoms with Gasteiger partial charge in [0.05, 0.1) is 19.6 Å². The van der Waals surface area contributed by atoms with Gasteiger partial charge in [0, 0.05) is 18.7 Å². The lowest BCUT2D eigenvalue weighted by atomic mass is 10.1. The molecule has 1 heterocycles. The predicted molar refractivity (Wildman–Crippen MR) is 130 cm³/mol. The van der Waals surface area contributed by atoms with Gasteiger partial charge in [-0.05, 0) is 49.3 Å². The highest BCUT2D eigenvalue weighted by Crippen LogP contribution is 2.14. The zero-order valence-electron chi connectivity index (χ0n) is 19.6. The van der Waals surface area contributed by atoms with Crippen LogP contribution >= 0.6 is 12.2 Å². The van der Waals surface area contributed by atoms with Crippen LogP contribution in [0.2, 0.25) is 0 Å². The van der Waals surface area contributed by atoms with Gasteiger partial charge >= 0.3 is 5.97 Å². The van der Waals surface area contributed by atoms with Crippen LogP contribution in [0.4, 0.5) is 0 Å². The van der Waals surface area contributed by atoms with E-state index < -0.39 is 12.0 Å². The average Bonchev–Trinajstić information content (AvgIpc) is 2.81. The van der Waals surface area contributed by atoms with Crippen LogP contribution < -0.4 is 15.4 Å². The van der Waals surface area contributed by atoms with Crippen LogP contribution in [-0.4, -0.2) is 60.1 Å². The smallest absolute Gasteiger partial charge is 0.308 e. The Balaban J connectivity index is 1.90. The van der Waals surface area contributed by atoms with Gasteiger partial charge in [-0.2, -0.15) is 0 Å². The highest BCUT2D eigenvalue weighted by Gasteiger charge is 2.34. The Labute approximate surface area is 201 Å². The summed E-state index contributed by atoms with van der Waals surface area (Å²) >= 11 is 5.40. The largest absolute Gasteiger partial charge is 0.494 e. The van der Waals surface area contributed by atoms with Crippen molar-refractivity contribution in [3.63, 3.8) is 0 Å². The summed E-state index contributed by atoms with van der Waals surface area (Å²) in [5.74, 6) is -0.449. The maximum atomic E-state index is 12.7. The zero-order chi connectivity index (χ0) is 24.1. The van der Waals surface area contributed by atoms with Gasteiger partial charge in [0.25, 0.3) is 5.91 Å². The first kappa shape index (κ1) is 26.6. The molecule has 0 radical (unpaired) electrons. The Morgan fingerprint density at radius 1 is 1.09 bits per heavy atom. The molecule has 182 valence electrons. The van der Waals surface area contributed by atoms with E-state index in [4.69, 9.17) is 21.7 Å². The van der Waals surface area contributed by atoms with Crippen molar-refractivity contribution in [1.29, 1.82) is 0 Å². The van der Waals surface area contributed by atoms with Crippen LogP contribution in [0, 0.1) is 0 Å². The number of esters is 1. The number of carbonyl (C=O) groups excluding carboxylic acids is 3. The second kappa shape index (κ2) is 14.5. The standard InChI is InChI=1S/C24H35N3O5S/c1-3-5-7-15-31-19-11-9-18(10-12-19)22(29)26-24(33)27-14-13-25-23(30)20(27)17-21(28)32-16-8-6-4-2/h9-12,20H,3-8,13-17H2,1-2H3,(H,25,30)(H,26,29,33). The quantitative estimate of drug-likeness (QED) is 0.271. The number of amides is 2. The van der Waals surface area contributed by atoms with Crippen molar-refractivity contribution in [2.75, 3.05) is 26.3 Å². The molecule has 1 aliphatic rings. The first-order chi connectivity index (χ1) is 16.0. The molecule has 1 unspecified atom stereocenters. The number of hydrogen-bond donors (Lipinski definition) is 2. The molecular formula is C24H35N3O5S. The fourth-order valence-electron chi connectivity index (χ4n) is 3.40. The topological polar surface area (TPSA) is 97.0 Å². The molecule has 2 N–H and O–H groups in total. The minimum atomic E-state index is -0.816. The fourth-order valence-corrected chi connectivity index (χ4v) is 3.71. The van der Waals surface area contributed by atoms with Gasteiger partial charge in [-0.15, -0.1) is 0 Å². The summed E-state index contributed by atoms with van der Waals surface area (Å²) in [5.41, 5.74) is 0.423. The highest BCUT2D eigenvalue weighted by molar-refractivity contribution is 7.80. The Morgan fingerprint density at radius 2 is 1.76 bits per heavy atom. The second-order valence-corrected chi connectivity index (χ2v) is 8.36. The van der Waals surface area contributed by atoms with E-state index in [1.165, 1.54) is 0 Å². The number of nitrogens with zero attached hydrogens (tertiary/aromatic N) is 1. The summed E-state index contributed by atoms with van der Waals surface area (Å²) in [6, 6.07) is 6.01. The van der Waals surface area contributed by atoms with Gasteiger partial charge in [0.15, 0.2) is 5.11 Å². The first-order valence-corrected chi connectivity index (χ1v) is 12.1. The Morgan fingerprint density at radius 3 is 2.42 bits per heavy atom. The first-order valence-electron chi connectivity index (χ1n) is 11.7. The van der Waals surface area contributed by atoms with Crippen LogP contribution in [-0.2, 0) is 14.3 Å². The molecule has 8 nitrogen and oxygen atoms in total. The van der Waals surface area contributed by atoms with Crippen molar-refractivity contribution in [1.82, 2.24) is 15.5 Å². The van der Waals surface area contributed by atoms with E-state index in [0.29, 0.717) is 37.6 Å². The summed E-state index contributed by atoms with van der Waals surface area (Å²) in [6.07, 6.45) is 5.90. The van der Waals surface area contributed by atoms with Crippen LogP contribution in [0.25, 0.3) is 0 Å². The van der Waals surface area contributed by atoms with Gasteiger partial charge in [0.1, 0.15) is 11.8 Å². The van der Waals surface area contributed by atoms with Gasteiger partial charge < -0.3 is 19.7 Å². The number of hydrogen-bond acceptors (Lipinski definition) is 6. The molecule has 1 saturated heterocycles. The maximum Gasteiger partial charge on any atom is 0.308 e. The van der Waals surface area contributed by atoms with Gasteiger partial charge in [-0.25, -0.2) is 0 Å². The number of thiocarbonyl (C=S) groups is 1. The molecule has 0 bridgehead atoms. The van der Waals surface area contributed by atoms with Gasteiger partial charge in [-0.3, -0.25) is 19.7 Å². The van der Waals surface area contributed by atoms with E-state index in [1.54, 1.807) is 29.2 Å². The van der Waals surface area contributed by atoms with Crippen molar-refractivity contribution in [2.24, 2.45) is 0 Å². The summed E-state index contributed by atoms with van der Waals surface area (Å²) < 4.78 is 10.9. The average molecular weight is 478 g/mol. The van der Waals surface area contributed by atoms with E-state index in [2.05, 4.69) is 24.5 Å². The van der Waals surface area contributed by atoms with Crippen molar-refractivity contribution in [3.05, 3.63) is 29.8 Å². The molecule has 0 spiro atoms. The molecule has 1 aliphatic heterocycles. The number of rotatable bonds is 12. The third-order valence-corrected chi connectivity index (χ3v) is 5.65. The molecule has 1 aromatic carbocycles. The number of benzene rings is 1. The van der Waals surface area contributed by atoms with E-state index in [9.17, 15) is 14.4 Å². The third-order valence-electron chi connectivity index (χ3n) is 5.32. The Kier molecular flexibility index (Phi) is 11.6. The van der Waals surface area contributed by atoms with Crippen LogP contribution in [0.5, 0.6) is 5.75 Å². The number of piperazine rings is 1. The van der Waals surface area contributed by atoms with E-state index >= 15 is 0 Å². The minimum Gasteiger partial charge on any atom is -0.494 e. The SMILES string of the molecule is CCCCCOC(=O)CC1C(=O)NCCN1C(=S)NC(=O)c1ccc(OCCCCC)cc1. The lowest BCUT2D eigenvalue weighted by molar-refractivity contribution is -0.147. The maximum absolute atomic E-state index is 12.7. The number of nitrogens with one attached hydrogen (secondary N) is 2. The monoisotopic (exact) mass is 477 g/mol. The Hall–Kier alpha value is -2.68. The molecule has 2 amide bonds. The summed E-state index contributed by atoms with van der Waals surface area (Å²) in [5, 5.41) is 5.52. The fraction of sp³-hybridized carbons (Fsp3) is 0.583. The van der Waals surface area contributed by atoms with E-state index in [1.807, 2.05) is 0 Å². The molecular weight excluding hydrogens is 442 g/mol. The minimum absolute atomic E-state index is 0.110. The van der Waals surface area contributed by atoms with Crippen molar-refractivity contribution in [3.8, 4) is 5.75 Å². The second-order valence-electron chi connectivity index (χ2n) is 7.97. The van der Waals surface area contributed by atoms with Crippen LogP contribution in [0.1, 0.15) is 69.2 Å². The highest BCUT2D eigenvalue weighted by atomic mass is 32.1. The molecule has 0 aromatic heterocycles. The van der Waals surface area contributed by atoms with Crippen molar-refractivity contribution >= 4 is 35.1 Å². The zero-order valence-corrected chi connectivity index (χ0v) is 20.4. The number of ether oxygens (including phenoxy) is 2. The van der Waals surface area contributed by atoms with E-state index in [0.717, 1.165) is 38.5 Å². The van der Waals surface area contributed by atoms with E-state index in [-0.39, 0.29) is 23.3 Å². The van der Waals surface area contributed by atoms with Gasteiger partial charge in [0.2, 0.25) is 5.91 Å². The summed E-state index contributed by atoms with van der Waals surface area (Å²) in [6.45, 7) is 5.95. The predicted octanol–water partition coefficient (Wildman–Crippen LogP) is 3.19. The van der Waals surface area contributed by atoms with Crippen LogP contribution in [0.3, 0.4) is 0 Å². The van der Waals surface area contributed by atoms with Gasteiger partial charge in [-0.1, -0.05) is 39.5 Å².